The molecule has 2 heteroatoms. The lowest BCUT2D eigenvalue weighted by atomic mass is 9.93. The molecule has 0 saturated carbocycles. The summed E-state index contributed by atoms with van der Waals surface area (Å²) in [6.07, 6.45) is 0. The van der Waals surface area contributed by atoms with Gasteiger partial charge in [-0.05, 0) is 19.5 Å². The minimum absolute atomic E-state index is 0.580. The van der Waals surface area contributed by atoms with E-state index in [9.17, 15) is 0 Å². The van der Waals surface area contributed by atoms with Gasteiger partial charge in [0, 0.05) is 25.0 Å². The predicted molar refractivity (Wildman–Crippen MR) is 59.6 cm³/mol. The molecule has 1 heterocycles. The first kappa shape index (κ1) is 9.69. The van der Waals surface area contributed by atoms with Crippen LogP contribution in [-0.2, 0) is 0 Å². The molecule has 0 amide bonds. The van der Waals surface area contributed by atoms with Crippen LogP contribution < -0.4 is 10.6 Å². The number of hydrogen-bond acceptors (Lipinski definition) is 2. The van der Waals surface area contributed by atoms with Crippen molar-refractivity contribution >= 4 is 0 Å². The van der Waals surface area contributed by atoms with E-state index in [-0.39, 0.29) is 0 Å². The van der Waals surface area contributed by atoms with E-state index in [4.69, 9.17) is 0 Å². The Balaban J connectivity index is 2.21. The van der Waals surface area contributed by atoms with E-state index in [2.05, 4.69) is 41.8 Å². The van der Waals surface area contributed by atoms with Gasteiger partial charge in [-0.3, -0.25) is 0 Å². The largest absolute Gasteiger partial charge is 0.315 e. The molecule has 0 aliphatic carbocycles. The molecular weight excluding hydrogens is 172 g/mol. The molecule has 0 spiro atoms. The molecule has 2 N–H and O–H groups in total. The fourth-order valence-electron chi connectivity index (χ4n) is 2.23. The molecule has 2 rings (SSSR count). The van der Waals surface area contributed by atoms with E-state index < -0.39 is 0 Å². The molecule has 0 bridgehead atoms. The van der Waals surface area contributed by atoms with Crippen LogP contribution in [-0.4, -0.2) is 26.2 Å². The molecule has 1 aromatic rings. The minimum atomic E-state index is 0.580. The topological polar surface area (TPSA) is 24.1 Å². The van der Waals surface area contributed by atoms with Crippen LogP contribution in [0.2, 0.25) is 0 Å². The molecule has 2 atom stereocenters. The van der Waals surface area contributed by atoms with Gasteiger partial charge in [0.05, 0.1) is 0 Å². The molecule has 1 aliphatic heterocycles. The monoisotopic (exact) mass is 190 g/mol. The summed E-state index contributed by atoms with van der Waals surface area (Å²) in [5, 5.41) is 6.80. The van der Waals surface area contributed by atoms with E-state index in [1.54, 1.807) is 0 Å². The molecule has 14 heavy (non-hydrogen) atoms. The van der Waals surface area contributed by atoms with Crippen LogP contribution in [0.1, 0.15) is 17.0 Å². The van der Waals surface area contributed by atoms with Crippen LogP contribution >= 0.6 is 0 Å². The molecular formula is C12H18N2. The highest BCUT2D eigenvalue weighted by Gasteiger charge is 2.26. The number of nitrogens with one attached hydrogen (secondary N) is 2. The normalized spacial score (nSPS) is 26.7. The molecule has 2 nitrogen and oxygen atoms in total. The zero-order valence-corrected chi connectivity index (χ0v) is 8.88. The SMILES string of the molecule is CNC1CNCC1c1cccc(C)c1. The van der Waals surface area contributed by atoms with Crippen molar-refractivity contribution in [2.75, 3.05) is 20.1 Å². The van der Waals surface area contributed by atoms with Crippen molar-refractivity contribution in [1.82, 2.24) is 10.6 Å². The summed E-state index contributed by atoms with van der Waals surface area (Å²) in [7, 11) is 2.04. The van der Waals surface area contributed by atoms with E-state index in [1.807, 2.05) is 7.05 Å². The zero-order valence-electron chi connectivity index (χ0n) is 8.88. The summed E-state index contributed by atoms with van der Waals surface area (Å²) >= 11 is 0. The third-order valence-corrected chi connectivity index (χ3v) is 3.06. The lowest BCUT2D eigenvalue weighted by Crippen LogP contribution is -2.31. The lowest BCUT2D eigenvalue weighted by Gasteiger charge is -2.18. The second kappa shape index (κ2) is 4.11. The van der Waals surface area contributed by atoms with E-state index in [0.717, 1.165) is 13.1 Å². The minimum Gasteiger partial charge on any atom is -0.315 e. The first-order valence-corrected chi connectivity index (χ1v) is 5.26. The van der Waals surface area contributed by atoms with Gasteiger partial charge in [-0.1, -0.05) is 29.8 Å². The summed E-state index contributed by atoms with van der Waals surface area (Å²) in [5.41, 5.74) is 2.80. The molecule has 0 radical (unpaired) electrons. The van der Waals surface area contributed by atoms with Crippen molar-refractivity contribution < 1.29 is 0 Å². The van der Waals surface area contributed by atoms with Gasteiger partial charge in [0.15, 0.2) is 0 Å². The van der Waals surface area contributed by atoms with Crippen LogP contribution in [0, 0.1) is 6.92 Å². The quantitative estimate of drug-likeness (QED) is 0.734. The number of rotatable bonds is 2. The van der Waals surface area contributed by atoms with E-state index in [1.165, 1.54) is 11.1 Å². The highest BCUT2D eigenvalue weighted by atomic mass is 15.0. The van der Waals surface area contributed by atoms with Crippen molar-refractivity contribution in [2.45, 2.75) is 18.9 Å². The van der Waals surface area contributed by atoms with Gasteiger partial charge in [-0.2, -0.15) is 0 Å². The van der Waals surface area contributed by atoms with Gasteiger partial charge in [0.25, 0.3) is 0 Å². The number of aryl methyl sites for hydroxylation is 1. The summed E-state index contributed by atoms with van der Waals surface area (Å²) in [5.74, 6) is 0.625. The van der Waals surface area contributed by atoms with Crippen LogP contribution in [0.5, 0.6) is 0 Å². The van der Waals surface area contributed by atoms with Crippen molar-refractivity contribution in [3.63, 3.8) is 0 Å². The summed E-state index contributed by atoms with van der Waals surface area (Å²) < 4.78 is 0. The summed E-state index contributed by atoms with van der Waals surface area (Å²) in [6.45, 7) is 4.32. The third-order valence-electron chi connectivity index (χ3n) is 3.06. The molecule has 0 aromatic heterocycles. The molecule has 1 fully saturated rings. The Morgan fingerprint density at radius 2 is 2.21 bits per heavy atom. The van der Waals surface area contributed by atoms with Gasteiger partial charge in [0.1, 0.15) is 0 Å². The molecule has 1 saturated heterocycles. The van der Waals surface area contributed by atoms with Crippen LogP contribution in [0.15, 0.2) is 24.3 Å². The van der Waals surface area contributed by atoms with Crippen LogP contribution in [0.3, 0.4) is 0 Å². The summed E-state index contributed by atoms with van der Waals surface area (Å²) in [6, 6.07) is 9.41. The molecule has 76 valence electrons. The van der Waals surface area contributed by atoms with Crippen molar-refractivity contribution in [3.8, 4) is 0 Å². The van der Waals surface area contributed by atoms with Gasteiger partial charge in [-0.25, -0.2) is 0 Å². The number of hydrogen-bond donors (Lipinski definition) is 2. The fraction of sp³-hybridized carbons (Fsp3) is 0.500. The Morgan fingerprint density at radius 3 is 2.93 bits per heavy atom. The average Bonchev–Trinajstić information content (AvgIpc) is 2.65. The number of likely N-dealkylation sites (N-methyl/N-ethyl adjacent to an activating group) is 1. The first-order valence-electron chi connectivity index (χ1n) is 5.26. The summed E-state index contributed by atoms with van der Waals surface area (Å²) in [4.78, 5) is 0. The third kappa shape index (κ3) is 1.81. The van der Waals surface area contributed by atoms with Gasteiger partial charge >= 0.3 is 0 Å². The highest BCUT2D eigenvalue weighted by molar-refractivity contribution is 5.28. The van der Waals surface area contributed by atoms with E-state index >= 15 is 0 Å². The second-order valence-electron chi connectivity index (χ2n) is 4.07. The van der Waals surface area contributed by atoms with Crippen molar-refractivity contribution in [1.29, 1.82) is 0 Å². The molecule has 2 unspecified atom stereocenters. The first-order chi connectivity index (χ1) is 6.81. The predicted octanol–water partition coefficient (Wildman–Crippen LogP) is 1.27. The zero-order chi connectivity index (χ0) is 9.97. The smallest absolute Gasteiger partial charge is 0.0270 e. The lowest BCUT2D eigenvalue weighted by molar-refractivity contribution is 0.553. The maximum atomic E-state index is 3.43. The molecule has 1 aliphatic rings. The van der Waals surface area contributed by atoms with Gasteiger partial charge in [0.2, 0.25) is 0 Å². The van der Waals surface area contributed by atoms with Crippen molar-refractivity contribution in [3.05, 3.63) is 35.4 Å². The maximum absolute atomic E-state index is 3.43. The standard InChI is InChI=1S/C12H18N2/c1-9-4-3-5-10(6-9)11-7-14-8-12(11)13-2/h3-6,11-14H,7-8H2,1-2H3. The number of benzene rings is 1. The van der Waals surface area contributed by atoms with Gasteiger partial charge < -0.3 is 10.6 Å². The Bertz CT molecular complexity index is 309. The fourth-order valence-corrected chi connectivity index (χ4v) is 2.23. The van der Waals surface area contributed by atoms with Crippen molar-refractivity contribution in [2.24, 2.45) is 0 Å². The average molecular weight is 190 g/mol. The molecule has 1 aromatic carbocycles. The Labute approximate surface area is 85.7 Å². The Morgan fingerprint density at radius 1 is 1.36 bits per heavy atom. The maximum Gasteiger partial charge on any atom is 0.0270 e. The second-order valence-corrected chi connectivity index (χ2v) is 4.07. The van der Waals surface area contributed by atoms with Gasteiger partial charge in [-0.15, -0.1) is 0 Å². The Kier molecular flexibility index (Phi) is 2.85. The van der Waals surface area contributed by atoms with Crippen LogP contribution in [0.25, 0.3) is 0 Å². The Hall–Kier alpha value is -0.860. The highest BCUT2D eigenvalue weighted by Crippen LogP contribution is 2.23. The van der Waals surface area contributed by atoms with Crippen LogP contribution in [0.4, 0.5) is 0 Å². The van der Waals surface area contributed by atoms with E-state index in [0.29, 0.717) is 12.0 Å².